The number of amides is 5. The van der Waals surface area contributed by atoms with E-state index in [9.17, 15) is 39.0 Å². The van der Waals surface area contributed by atoms with Gasteiger partial charge in [0, 0.05) is 71.6 Å². The normalized spacial score (nSPS) is 13.3. The van der Waals surface area contributed by atoms with E-state index in [0.717, 1.165) is 49.4 Å². The molecule has 0 spiro atoms. The summed E-state index contributed by atoms with van der Waals surface area (Å²) in [6.07, 6.45) is 0. The summed E-state index contributed by atoms with van der Waals surface area (Å²) in [4.78, 5) is 126. The SMILES string of the molecule is O=C1N=C(c2ccc(Cl)cc2)c2c(O)[nH]c(-c3ccc(Cl)cc3)c21.O=C1NC(=O)C(=C2N=C(c3c(O)[nH]c(=O)[nH]c3=O)c3ccccc32)C(=O)N1.[Cu+2].c1ccc2c(c1)-c1nc-2nc2[n-]c(nc3nc(nc4[n-]c(n1)c1ccccc41)-c1ccccc1-3)c1ccccc21. The summed E-state index contributed by atoms with van der Waals surface area (Å²) in [7, 11) is 0. The maximum atomic E-state index is 12.4. The van der Waals surface area contributed by atoms with E-state index in [0.29, 0.717) is 95.2 Å². The fourth-order valence-corrected chi connectivity index (χ4v) is 11.4. The smallest absolute Gasteiger partial charge is 0.494 e. The van der Waals surface area contributed by atoms with Crippen LogP contribution < -0.4 is 31.9 Å². The second-order valence-corrected chi connectivity index (χ2v) is 21.5. The second kappa shape index (κ2) is 22.8. The van der Waals surface area contributed by atoms with Crippen molar-refractivity contribution in [1.29, 1.82) is 0 Å². The minimum atomic E-state index is -0.959. The Hall–Kier alpha value is -12.1. The second-order valence-electron chi connectivity index (χ2n) is 20.6. The number of aromatic amines is 3. The summed E-state index contributed by atoms with van der Waals surface area (Å²) in [5.41, 5.74) is 6.99. The van der Waals surface area contributed by atoms with Gasteiger partial charge < -0.3 is 45.1 Å². The van der Waals surface area contributed by atoms with E-state index in [1.807, 2.05) is 118 Å². The number of aliphatic imine (C=N–C) groups is 2. The fourth-order valence-electron chi connectivity index (χ4n) is 11.1. The van der Waals surface area contributed by atoms with Gasteiger partial charge >= 0.3 is 28.8 Å². The van der Waals surface area contributed by atoms with Crippen molar-refractivity contribution in [2.24, 2.45) is 9.98 Å². The Morgan fingerprint density at radius 1 is 0.391 bits per heavy atom. The van der Waals surface area contributed by atoms with Crippen molar-refractivity contribution in [3.8, 4) is 68.6 Å². The van der Waals surface area contributed by atoms with E-state index in [1.54, 1.807) is 72.8 Å². The molecule has 26 heteroatoms. The zero-order valence-electron chi connectivity index (χ0n) is 46.5. The van der Waals surface area contributed by atoms with Crippen LogP contribution in [0.2, 0.25) is 10.0 Å². The van der Waals surface area contributed by atoms with Gasteiger partial charge in [-0.3, -0.25) is 39.8 Å². The number of nitrogens with one attached hydrogen (secondary N) is 5. The van der Waals surface area contributed by atoms with Gasteiger partial charge in [-0.25, -0.2) is 29.5 Å². The molecule has 5 aliphatic heterocycles. The van der Waals surface area contributed by atoms with Crippen LogP contribution in [0.5, 0.6) is 11.8 Å². The maximum Gasteiger partial charge on any atom is 2.00 e. The summed E-state index contributed by atoms with van der Waals surface area (Å²) >= 11 is 11.8. The number of nitrogens with zero attached hydrogens (tertiary/aromatic N) is 10. The van der Waals surface area contributed by atoms with Crippen LogP contribution >= 0.6 is 23.2 Å². The molecule has 17 rings (SSSR count). The number of hydrogen-bond acceptors (Lipinski definition) is 15. The number of imide groups is 2. The molecule has 7 N–H and O–H groups in total. The van der Waals surface area contributed by atoms with Crippen LogP contribution in [0.15, 0.2) is 195 Å². The molecule has 1 radical (unpaired) electrons. The van der Waals surface area contributed by atoms with Crippen molar-refractivity contribution >= 4 is 108 Å². The van der Waals surface area contributed by atoms with Gasteiger partial charge in [-0.05, 0) is 51.4 Å². The number of aromatic hydroxyl groups is 2. The average molecular weight is 1300 g/mol. The van der Waals surface area contributed by atoms with Gasteiger partial charge in [-0.15, -0.1) is 0 Å². The summed E-state index contributed by atoms with van der Waals surface area (Å²) in [6.45, 7) is 0. The molecule has 92 heavy (non-hydrogen) atoms. The molecule has 5 amide bonds. The first-order valence-electron chi connectivity index (χ1n) is 27.6. The van der Waals surface area contributed by atoms with Gasteiger partial charge in [0.2, 0.25) is 5.88 Å². The zero-order chi connectivity index (χ0) is 62.3. The van der Waals surface area contributed by atoms with Gasteiger partial charge in [0.1, 0.15) is 11.1 Å². The van der Waals surface area contributed by atoms with Gasteiger partial charge in [-0.2, -0.15) is 0 Å². The average Bonchev–Trinajstić information content (AvgIpc) is 1.61. The molecule has 0 saturated carbocycles. The minimum Gasteiger partial charge on any atom is -0.494 e. The van der Waals surface area contributed by atoms with E-state index >= 15 is 0 Å². The molecule has 0 aliphatic carbocycles. The Labute approximate surface area is 535 Å². The first-order valence-corrected chi connectivity index (χ1v) is 28.3. The minimum absolute atomic E-state index is 0. The third-order valence-electron chi connectivity index (χ3n) is 15.2. The van der Waals surface area contributed by atoms with Crippen LogP contribution in [0.25, 0.3) is 107 Å². The predicted octanol–water partition coefficient (Wildman–Crippen LogP) is 9.51. The predicted molar refractivity (Wildman–Crippen MR) is 338 cm³/mol. The molecular formula is C66H35Cl2CuN15O8. The molecule has 23 nitrogen and oxygen atoms in total. The van der Waals surface area contributed by atoms with E-state index in [-0.39, 0.29) is 39.9 Å². The molecule has 5 aromatic heterocycles. The Kier molecular flexibility index (Phi) is 14.3. The number of barbiturate groups is 1. The molecule has 7 aromatic carbocycles. The standard InChI is InChI=1S/C32H16N8.C18H10Cl2N2O2.C16H9N5O6.Cu/c1-2-10-18-17(9-1)25-33-26(18)38-28-21-13-5-6-14-22(21)30(35-28)40-32-24-16-8-7-15-23(24)31(36-32)39-29-20-12-4-3-11-19(20)27(34-29)37-25;19-11-5-1-9(2-6-11)15-13-14(18(24)21-15)16(22-17(13)23)10-3-7-12(20)8-4-10;22-11-7(12(23)19-15(26)18-11)9-5-3-1-2-4-6(5)10(17-9)8-13(24)20-16(27)21-14(8)25;/h1-16H;1-8,21,24H;1-4H,(H2,18,19,22,23,26)(H3,20,21,24,25,27);/q-2;;;+2. The molecule has 0 atom stereocenters. The molecule has 10 heterocycles. The van der Waals surface area contributed by atoms with Crippen molar-refractivity contribution in [3.63, 3.8) is 0 Å². The van der Waals surface area contributed by atoms with Gasteiger partial charge in [-0.1, -0.05) is 169 Å². The van der Waals surface area contributed by atoms with E-state index in [2.05, 4.69) is 15.0 Å². The fraction of sp³-hybridized carbons (Fsp3) is 0. The Bertz CT molecular complexity index is 5290. The number of benzene rings is 7. The molecular weight excluding hydrogens is 1270 g/mol. The van der Waals surface area contributed by atoms with Crippen molar-refractivity contribution in [2.75, 3.05) is 0 Å². The molecule has 0 unspecified atom stereocenters. The zero-order valence-corrected chi connectivity index (χ0v) is 49.0. The van der Waals surface area contributed by atoms with Crippen molar-refractivity contribution in [3.05, 3.63) is 240 Å². The van der Waals surface area contributed by atoms with Crippen molar-refractivity contribution in [2.45, 2.75) is 0 Å². The molecule has 1 fully saturated rings. The maximum absolute atomic E-state index is 12.4. The number of halogens is 2. The number of urea groups is 1. The van der Waals surface area contributed by atoms with Gasteiger partial charge in [0.15, 0.2) is 5.88 Å². The number of carbonyl (C=O) groups is 4. The number of H-pyrrole nitrogens is 3. The first kappa shape index (κ1) is 57.7. The summed E-state index contributed by atoms with van der Waals surface area (Å²) in [6, 6.07) is 51.2. The van der Waals surface area contributed by atoms with Crippen LogP contribution in [0.1, 0.15) is 38.2 Å². The van der Waals surface area contributed by atoms with Crippen LogP contribution in [0.4, 0.5) is 4.79 Å². The van der Waals surface area contributed by atoms with E-state index in [4.69, 9.17) is 63.1 Å². The van der Waals surface area contributed by atoms with Crippen LogP contribution in [-0.2, 0) is 26.7 Å². The van der Waals surface area contributed by atoms with Crippen molar-refractivity contribution in [1.82, 2.24) is 65.5 Å². The first-order chi connectivity index (χ1) is 44.2. The van der Waals surface area contributed by atoms with Crippen LogP contribution in [-0.4, -0.2) is 90.2 Å². The van der Waals surface area contributed by atoms with Crippen LogP contribution in [0.3, 0.4) is 0 Å². The molecule has 8 bridgehead atoms. The molecule has 5 aliphatic rings. The topological polar surface area (TPSA) is 345 Å². The number of hydrogen-bond donors (Lipinski definition) is 7. The Morgan fingerprint density at radius 3 is 1.24 bits per heavy atom. The number of carbonyl (C=O) groups excluding carboxylic acids is 4. The number of rotatable bonds is 3. The Balaban J connectivity index is 0.000000125. The van der Waals surface area contributed by atoms with Crippen molar-refractivity contribution < 1.29 is 46.5 Å². The van der Waals surface area contributed by atoms with Gasteiger partial charge in [0.05, 0.1) is 57.2 Å². The largest absolute Gasteiger partial charge is 2.00 e. The van der Waals surface area contributed by atoms with Crippen LogP contribution in [0, 0.1) is 0 Å². The number of fused-ring (bicyclic) bond motifs is 22. The van der Waals surface area contributed by atoms with E-state index < -0.39 is 46.5 Å². The third-order valence-corrected chi connectivity index (χ3v) is 15.7. The Morgan fingerprint density at radius 2 is 0.793 bits per heavy atom. The van der Waals surface area contributed by atoms with Gasteiger partial charge in [0.25, 0.3) is 23.3 Å². The molecule has 1 saturated heterocycles. The third kappa shape index (κ3) is 9.98. The number of aromatic nitrogens is 11. The quantitative estimate of drug-likeness (QED) is 0.0492. The molecule has 12 aromatic rings. The summed E-state index contributed by atoms with van der Waals surface area (Å²) in [5, 5.41) is 29.0. The van der Waals surface area contributed by atoms with E-state index in [1.165, 1.54) is 0 Å². The summed E-state index contributed by atoms with van der Waals surface area (Å²) in [5.74, 6) is -0.877. The monoisotopic (exact) mass is 1300 g/mol. The molecule has 447 valence electrons. The summed E-state index contributed by atoms with van der Waals surface area (Å²) < 4.78 is 0.